The Morgan fingerprint density at radius 3 is 2.75 bits per heavy atom. The van der Waals surface area contributed by atoms with E-state index < -0.39 is 0 Å². The summed E-state index contributed by atoms with van der Waals surface area (Å²) < 4.78 is 6.17. The number of carbonyl (C=O) groups excluding carboxylic acids is 1. The third-order valence-electron chi connectivity index (χ3n) is 4.28. The monoisotopic (exact) mass is 455 g/mol. The van der Waals surface area contributed by atoms with Crippen molar-refractivity contribution in [3.05, 3.63) is 75.7 Å². The molecule has 1 amide bonds. The Bertz CT molecular complexity index is 1160. The van der Waals surface area contributed by atoms with Crippen LogP contribution in [0.3, 0.4) is 0 Å². The number of nitrogens with one attached hydrogen (secondary N) is 2. The fraction of sp³-hybridized carbons (Fsp3) is 0.0476. The lowest BCUT2D eigenvalue weighted by Gasteiger charge is -2.12. The molecule has 5 nitrogen and oxygen atoms in total. The predicted molar refractivity (Wildman–Crippen MR) is 115 cm³/mol. The number of rotatable bonds is 4. The van der Waals surface area contributed by atoms with E-state index in [1.54, 1.807) is 31.4 Å². The lowest BCUT2D eigenvalue weighted by molar-refractivity contribution is 0.102. The fourth-order valence-electron chi connectivity index (χ4n) is 2.90. The number of ether oxygens (including phenoxy) is 1. The highest BCUT2D eigenvalue weighted by atomic mass is 79.9. The van der Waals surface area contributed by atoms with Crippen LogP contribution >= 0.6 is 27.5 Å². The van der Waals surface area contributed by atoms with Crippen molar-refractivity contribution in [2.75, 3.05) is 12.4 Å². The smallest absolute Gasteiger partial charge is 0.257 e. The number of hydrogen-bond donors (Lipinski definition) is 2. The van der Waals surface area contributed by atoms with Gasteiger partial charge in [-0.2, -0.15) is 0 Å². The standard InChI is InChI=1S/C21H15BrClN3O2/c1-28-19-9-6-12(20-24-16-4-2-3-5-17(16)25-20)10-18(19)26-21(27)14-11-13(22)7-8-15(14)23/h2-11H,1H3,(H,24,25)(H,26,27). The van der Waals surface area contributed by atoms with Crippen molar-refractivity contribution in [3.63, 3.8) is 0 Å². The van der Waals surface area contributed by atoms with E-state index in [1.807, 2.05) is 36.4 Å². The number of para-hydroxylation sites is 2. The molecule has 4 aromatic rings. The molecule has 0 aliphatic carbocycles. The number of amides is 1. The molecule has 140 valence electrons. The maximum atomic E-state index is 12.7. The number of aromatic nitrogens is 2. The van der Waals surface area contributed by atoms with E-state index in [-0.39, 0.29) is 5.91 Å². The number of aromatic amines is 1. The molecule has 4 rings (SSSR count). The van der Waals surface area contributed by atoms with Crippen LogP contribution in [0.25, 0.3) is 22.4 Å². The molecule has 0 radical (unpaired) electrons. The topological polar surface area (TPSA) is 67.0 Å². The molecule has 2 N–H and O–H groups in total. The van der Waals surface area contributed by atoms with Gasteiger partial charge in [0.05, 0.1) is 34.4 Å². The summed E-state index contributed by atoms with van der Waals surface area (Å²) in [5.41, 5.74) is 3.54. The van der Waals surface area contributed by atoms with Gasteiger partial charge in [0.2, 0.25) is 0 Å². The second kappa shape index (κ2) is 7.66. The lowest BCUT2D eigenvalue weighted by Crippen LogP contribution is -2.13. The molecule has 28 heavy (non-hydrogen) atoms. The molecule has 0 saturated heterocycles. The van der Waals surface area contributed by atoms with Crippen molar-refractivity contribution in [2.24, 2.45) is 0 Å². The molecular weight excluding hydrogens is 442 g/mol. The van der Waals surface area contributed by atoms with Crippen LogP contribution in [-0.2, 0) is 0 Å². The van der Waals surface area contributed by atoms with E-state index in [9.17, 15) is 4.79 Å². The third-order valence-corrected chi connectivity index (χ3v) is 5.11. The molecule has 0 bridgehead atoms. The molecule has 0 fully saturated rings. The third kappa shape index (κ3) is 3.61. The van der Waals surface area contributed by atoms with Gasteiger partial charge < -0.3 is 15.0 Å². The first kappa shape index (κ1) is 18.5. The van der Waals surface area contributed by atoms with E-state index >= 15 is 0 Å². The first-order chi connectivity index (χ1) is 13.5. The largest absolute Gasteiger partial charge is 0.495 e. The van der Waals surface area contributed by atoms with Gasteiger partial charge in [0.1, 0.15) is 11.6 Å². The van der Waals surface area contributed by atoms with Crippen molar-refractivity contribution in [1.29, 1.82) is 0 Å². The number of carbonyl (C=O) groups is 1. The van der Waals surface area contributed by atoms with Crippen molar-refractivity contribution in [2.45, 2.75) is 0 Å². The minimum atomic E-state index is -0.327. The number of H-pyrrole nitrogens is 1. The molecule has 1 aromatic heterocycles. The highest BCUT2D eigenvalue weighted by Crippen LogP contribution is 2.31. The van der Waals surface area contributed by atoms with Crippen LogP contribution < -0.4 is 10.1 Å². The van der Waals surface area contributed by atoms with E-state index in [2.05, 4.69) is 31.2 Å². The summed E-state index contributed by atoms with van der Waals surface area (Å²) in [6.45, 7) is 0. The number of fused-ring (bicyclic) bond motifs is 1. The van der Waals surface area contributed by atoms with Crippen molar-refractivity contribution in [1.82, 2.24) is 9.97 Å². The minimum Gasteiger partial charge on any atom is -0.495 e. The number of anilines is 1. The Balaban J connectivity index is 1.71. The first-order valence-electron chi connectivity index (χ1n) is 8.45. The van der Waals surface area contributed by atoms with E-state index in [4.69, 9.17) is 16.3 Å². The molecule has 0 spiro atoms. The summed E-state index contributed by atoms with van der Waals surface area (Å²) in [4.78, 5) is 20.6. The van der Waals surface area contributed by atoms with Gasteiger partial charge in [0, 0.05) is 10.0 Å². The number of halogens is 2. The Morgan fingerprint density at radius 2 is 1.96 bits per heavy atom. The molecule has 0 atom stereocenters. The van der Waals surface area contributed by atoms with Gasteiger partial charge >= 0.3 is 0 Å². The highest BCUT2D eigenvalue weighted by Gasteiger charge is 2.15. The molecule has 0 unspecified atom stereocenters. The quantitative estimate of drug-likeness (QED) is 0.401. The summed E-state index contributed by atoms with van der Waals surface area (Å²) in [5, 5.41) is 3.25. The van der Waals surface area contributed by atoms with Gasteiger partial charge in [0.15, 0.2) is 0 Å². The average Bonchev–Trinajstić information content (AvgIpc) is 3.14. The van der Waals surface area contributed by atoms with Gasteiger partial charge in [-0.25, -0.2) is 4.98 Å². The number of imidazole rings is 1. The zero-order chi connectivity index (χ0) is 19.7. The second-order valence-electron chi connectivity index (χ2n) is 6.10. The Hall–Kier alpha value is -2.83. The lowest BCUT2D eigenvalue weighted by atomic mass is 10.1. The summed E-state index contributed by atoms with van der Waals surface area (Å²) in [6, 6.07) is 18.4. The van der Waals surface area contributed by atoms with Crippen LogP contribution in [0.2, 0.25) is 5.02 Å². The second-order valence-corrected chi connectivity index (χ2v) is 7.42. The maximum Gasteiger partial charge on any atom is 0.257 e. The van der Waals surface area contributed by atoms with Crippen LogP contribution in [0.1, 0.15) is 10.4 Å². The van der Waals surface area contributed by atoms with Crippen LogP contribution in [0.15, 0.2) is 65.1 Å². The van der Waals surface area contributed by atoms with Crippen LogP contribution in [-0.4, -0.2) is 23.0 Å². The number of methoxy groups -OCH3 is 1. The van der Waals surface area contributed by atoms with E-state index in [1.165, 1.54) is 0 Å². The van der Waals surface area contributed by atoms with Crippen molar-refractivity contribution < 1.29 is 9.53 Å². The van der Waals surface area contributed by atoms with E-state index in [0.717, 1.165) is 21.1 Å². The zero-order valence-electron chi connectivity index (χ0n) is 14.8. The van der Waals surface area contributed by atoms with Gasteiger partial charge in [-0.3, -0.25) is 4.79 Å². The van der Waals surface area contributed by atoms with Gasteiger partial charge in [-0.1, -0.05) is 39.7 Å². The average molecular weight is 457 g/mol. The molecule has 1 heterocycles. The van der Waals surface area contributed by atoms with Gasteiger partial charge in [-0.05, 0) is 48.5 Å². The predicted octanol–water partition coefficient (Wildman–Crippen LogP) is 5.91. The van der Waals surface area contributed by atoms with Crippen molar-refractivity contribution in [3.8, 4) is 17.1 Å². The minimum absolute atomic E-state index is 0.327. The zero-order valence-corrected chi connectivity index (χ0v) is 17.1. The molecule has 0 aliphatic rings. The fourth-order valence-corrected chi connectivity index (χ4v) is 3.47. The van der Waals surface area contributed by atoms with Gasteiger partial charge in [-0.15, -0.1) is 0 Å². The van der Waals surface area contributed by atoms with Crippen LogP contribution in [0.4, 0.5) is 5.69 Å². The van der Waals surface area contributed by atoms with Crippen LogP contribution in [0.5, 0.6) is 5.75 Å². The van der Waals surface area contributed by atoms with E-state index in [0.29, 0.717) is 27.8 Å². The molecule has 0 saturated carbocycles. The Morgan fingerprint density at radius 1 is 1.14 bits per heavy atom. The SMILES string of the molecule is COc1ccc(-c2nc3ccccc3[nH]2)cc1NC(=O)c1cc(Br)ccc1Cl. The Kier molecular flexibility index (Phi) is 5.07. The molecule has 0 aliphatic heterocycles. The summed E-state index contributed by atoms with van der Waals surface area (Å²) >= 11 is 9.54. The molecule has 3 aromatic carbocycles. The number of benzene rings is 3. The normalized spacial score (nSPS) is 10.8. The molecule has 7 heteroatoms. The number of nitrogens with zero attached hydrogens (tertiary/aromatic N) is 1. The highest BCUT2D eigenvalue weighted by molar-refractivity contribution is 9.10. The maximum absolute atomic E-state index is 12.7. The summed E-state index contributed by atoms with van der Waals surface area (Å²) in [5.74, 6) is 0.922. The summed E-state index contributed by atoms with van der Waals surface area (Å²) in [6.07, 6.45) is 0. The van der Waals surface area contributed by atoms with Gasteiger partial charge in [0.25, 0.3) is 5.91 Å². The molecular formula is C21H15BrClN3O2. The Labute approximate surface area is 174 Å². The summed E-state index contributed by atoms with van der Waals surface area (Å²) in [7, 11) is 1.55. The van der Waals surface area contributed by atoms with Crippen molar-refractivity contribution >= 4 is 50.2 Å². The first-order valence-corrected chi connectivity index (χ1v) is 9.62. The van der Waals surface area contributed by atoms with Crippen LogP contribution in [0, 0.1) is 0 Å². The number of hydrogen-bond acceptors (Lipinski definition) is 3.